The monoisotopic (exact) mass is 258 g/mol. The van der Waals surface area contributed by atoms with Crippen LogP contribution in [0.4, 0.5) is 0 Å². The van der Waals surface area contributed by atoms with Crippen molar-refractivity contribution in [2.45, 2.75) is 33.6 Å². The van der Waals surface area contributed by atoms with Gasteiger partial charge in [0.25, 0.3) is 0 Å². The Morgan fingerprint density at radius 2 is 1.89 bits per heavy atom. The summed E-state index contributed by atoms with van der Waals surface area (Å²) in [6.07, 6.45) is 2.23. The van der Waals surface area contributed by atoms with Gasteiger partial charge in [0, 0.05) is 6.42 Å². The van der Waals surface area contributed by atoms with E-state index in [9.17, 15) is 14.7 Å². The van der Waals surface area contributed by atoms with Crippen molar-refractivity contribution in [3.63, 3.8) is 0 Å². The van der Waals surface area contributed by atoms with Gasteiger partial charge in [0.1, 0.15) is 0 Å². The Balaban J connectivity index is 2.58. The van der Waals surface area contributed by atoms with Gasteiger partial charge in [0.15, 0.2) is 5.78 Å². The lowest BCUT2D eigenvalue weighted by Gasteiger charge is -2.23. The molecule has 3 nitrogen and oxygen atoms in total. The van der Waals surface area contributed by atoms with Gasteiger partial charge in [-0.1, -0.05) is 12.1 Å². The van der Waals surface area contributed by atoms with E-state index in [4.69, 9.17) is 0 Å². The SMILES string of the molecule is Cc1ccc(C2=CC(=O)CCC2C(=O)O)c(C)c1C. The summed E-state index contributed by atoms with van der Waals surface area (Å²) >= 11 is 0. The molecule has 0 saturated heterocycles. The average Bonchev–Trinajstić information content (AvgIpc) is 2.35. The standard InChI is InChI=1S/C16H18O3/c1-9-4-6-13(11(3)10(9)2)15-8-12(17)5-7-14(15)16(18)19/h4,6,8,14H,5,7H2,1-3H3,(H,18,19). The number of rotatable bonds is 2. The van der Waals surface area contributed by atoms with Gasteiger partial charge >= 0.3 is 5.97 Å². The van der Waals surface area contributed by atoms with Crippen LogP contribution >= 0.6 is 0 Å². The van der Waals surface area contributed by atoms with Crippen LogP contribution in [-0.2, 0) is 9.59 Å². The summed E-state index contributed by atoms with van der Waals surface area (Å²) in [6.45, 7) is 6.03. The van der Waals surface area contributed by atoms with E-state index in [1.807, 2.05) is 32.9 Å². The van der Waals surface area contributed by atoms with Gasteiger partial charge in [0.2, 0.25) is 0 Å². The summed E-state index contributed by atoms with van der Waals surface area (Å²) < 4.78 is 0. The van der Waals surface area contributed by atoms with E-state index < -0.39 is 11.9 Å². The summed E-state index contributed by atoms with van der Waals surface area (Å²) in [7, 11) is 0. The summed E-state index contributed by atoms with van der Waals surface area (Å²) in [4.78, 5) is 23.0. The van der Waals surface area contributed by atoms with Crippen LogP contribution in [0, 0.1) is 26.7 Å². The van der Waals surface area contributed by atoms with Crippen molar-refractivity contribution in [2.24, 2.45) is 5.92 Å². The first kappa shape index (κ1) is 13.5. The van der Waals surface area contributed by atoms with Gasteiger partial charge in [-0.25, -0.2) is 0 Å². The fourth-order valence-electron chi connectivity index (χ4n) is 2.58. The maximum atomic E-state index is 11.6. The van der Waals surface area contributed by atoms with Crippen molar-refractivity contribution in [3.8, 4) is 0 Å². The van der Waals surface area contributed by atoms with Gasteiger partial charge in [-0.05, 0) is 61.1 Å². The van der Waals surface area contributed by atoms with E-state index in [0.717, 1.165) is 16.7 Å². The number of carbonyl (C=O) groups is 2. The normalized spacial score (nSPS) is 19.2. The van der Waals surface area contributed by atoms with Gasteiger partial charge in [-0.2, -0.15) is 0 Å². The zero-order valence-corrected chi connectivity index (χ0v) is 11.5. The Hall–Kier alpha value is -1.90. The molecule has 100 valence electrons. The number of hydrogen-bond donors (Lipinski definition) is 1. The Labute approximate surface area is 113 Å². The second-order valence-corrected chi connectivity index (χ2v) is 5.18. The summed E-state index contributed by atoms with van der Waals surface area (Å²) in [6, 6.07) is 3.91. The van der Waals surface area contributed by atoms with E-state index >= 15 is 0 Å². The highest BCUT2D eigenvalue weighted by atomic mass is 16.4. The fourth-order valence-corrected chi connectivity index (χ4v) is 2.58. The van der Waals surface area contributed by atoms with E-state index in [2.05, 4.69) is 0 Å². The number of carboxylic acids is 1. The highest BCUT2D eigenvalue weighted by Gasteiger charge is 2.29. The molecule has 0 fully saturated rings. The van der Waals surface area contributed by atoms with Crippen LogP contribution in [0.5, 0.6) is 0 Å². The molecule has 2 rings (SSSR count). The van der Waals surface area contributed by atoms with Crippen LogP contribution in [0.3, 0.4) is 0 Å². The molecule has 0 amide bonds. The highest BCUT2D eigenvalue weighted by Crippen LogP contribution is 2.34. The minimum atomic E-state index is -0.851. The minimum absolute atomic E-state index is 0.0186. The fraction of sp³-hybridized carbons (Fsp3) is 0.375. The van der Waals surface area contributed by atoms with Gasteiger partial charge in [-0.3, -0.25) is 9.59 Å². The summed E-state index contributed by atoms with van der Waals surface area (Å²) in [5.41, 5.74) is 4.94. The average molecular weight is 258 g/mol. The first-order chi connectivity index (χ1) is 8.91. The number of hydrogen-bond acceptors (Lipinski definition) is 2. The van der Waals surface area contributed by atoms with Crippen LogP contribution in [0.15, 0.2) is 18.2 Å². The van der Waals surface area contributed by atoms with E-state index in [0.29, 0.717) is 18.4 Å². The Bertz CT molecular complexity index is 582. The largest absolute Gasteiger partial charge is 0.481 e. The molecule has 0 aliphatic heterocycles. The number of aliphatic carboxylic acids is 1. The lowest BCUT2D eigenvalue weighted by atomic mass is 9.80. The Morgan fingerprint density at radius 3 is 2.53 bits per heavy atom. The molecule has 19 heavy (non-hydrogen) atoms. The van der Waals surface area contributed by atoms with Crippen molar-refractivity contribution in [2.75, 3.05) is 0 Å². The summed E-state index contributed by atoms with van der Waals surface area (Å²) in [5, 5.41) is 9.32. The van der Waals surface area contributed by atoms with Crippen LogP contribution in [0.1, 0.15) is 35.1 Å². The maximum Gasteiger partial charge on any atom is 0.311 e. The lowest BCUT2D eigenvalue weighted by Crippen LogP contribution is -2.21. The number of ketones is 1. The summed E-state index contributed by atoms with van der Waals surface area (Å²) in [5.74, 6) is -1.40. The van der Waals surface area contributed by atoms with Crippen LogP contribution in [0.25, 0.3) is 5.57 Å². The maximum absolute atomic E-state index is 11.6. The third kappa shape index (κ3) is 2.46. The second kappa shape index (κ2) is 5.00. The highest BCUT2D eigenvalue weighted by molar-refractivity contribution is 6.03. The number of carboxylic acid groups (broad SMARTS) is 1. The topological polar surface area (TPSA) is 54.4 Å². The first-order valence-corrected chi connectivity index (χ1v) is 6.46. The molecule has 1 aliphatic carbocycles. The van der Waals surface area contributed by atoms with E-state index in [1.54, 1.807) is 0 Å². The molecule has 1 aromatic carbocycles. The molecule has 1 unspecified atom stereocenters. The molecule has 3 heteroatoms. The quantitative estimate of drug-likeness (QED) is 0.887. The van der Waals surface area contributed by atoms with Crippen LogP contribution in [-0.4, -0.2) is 16.9 Å². The molecular weight excluding hydrogens is 240 g/mol. The molecule has 0 saturated carbocycles. The van der Waals surface area contributed by atoms with Gasteiger partial charge < -0.3 is 5.11 Å². The third-order valence-electron chi connectivity index (χ3n) is 4.04. The van der Waals surface area contributed by atoms with Crippen molar-refractivity contribution in [1.82, 2.24) is 0 Å². The molecule has 0 aromatic heterocycles. The second-order valence-electron chi connectivity index (χ2n) is 5.18. The molecule has 1 aromatic rings. The lowest BCUT2D eigenvalue weighted by molar-refractivity contribution is -0.140. The van der Waals surface area contributed by atoms with Crippen molar-refractivity contribution in [3.05, 3.63) is 40.5 Å². The Kier molecular flexibility index (Phi) is 3.56. The molecule has 0 bridgehead atoms. The van der Waals surface area contributed by atoms with Crippen molar-refractivity contribution < 1.29 is 14.7 Å². The van der Waals surface area contributed by atoms with Gasteiger partial charge in [-0.15, -0.1) is 0 Å². The van der Waals surface area contributed by atoms with Crippen molar-refractivity contribution in [1.29, 1.82) is 0 Å². The molecule has 1 N–H and O–H groups in total. The predicted octanol–water partition coefficient (Wildman–Crippen LogP) is 3.06. The minimum Gasteiger partial charge on any atom is -0.481 e. The third-order valence-corrected chi connectivity index (χ3v) is 4.04. The molecule has 0 spiro atoms. The number of benzene rings is 1. The van der Waals surface area contributed by atoms with Crippen molar-refractivity contribution >= 4 is 17.3 Å². The van der Waals surface area contributed by atoms with E-state index in [1.165, 1.54) is 11.6 Å². The van der Waals surface area contributed by atoms with Crippen LogP contribution in [0.2, 0.25) is 0 Å². The number of carbonyl (C=O) groups excluding carboxylic acids is 1. The number of aryl methyl sites for hydroxylation is 1. The molecule has 1 aliphatic rings. The molecule has 0 radical (unpaired) electrons. The smallest absolute Gasteiger partial charge is 0.311 e. The van der Waals surface area contributed by atoms with E-state index in [-0.39, 0.29) is 5.78 Å². The zero-order chi connectivity index (χ0) is 14.2. The zero-order valence-electron chi connectivity index (χ0n) is 11.5. The molecular formula is C16H18O3. The Morgan fingerprint density at radius 1 is 1.21 bits per heavy atom. The van der Waals surface area contributed by atoms with Crippen LogP contribution < -0.4 is 0 Å². The first-order valence-electron chi connectivity index (χ1n) is 6.46. The molecule has 1 atom stereocenters. The predicted molar refractivity (Wildman–Crippen MR) is 74.0 cm³/mol. The molecule has 0 heterocycles. The van der Waals surface area contributed by atoms with Gasteiger partial charge in [0.05, 0.1) is 5.92 Å². The number of allylic oxidation sites excluding steroid dienone is 1.